The molecule has 1 aromatic heterocycles. The van der Waals surface area contributed by atoms with Crippen LogP contribution in [0.2, 0.25) is 10.0 Å². The molecule has 12 heteroatoms. The van der Waals surface area contributed by atoms with Crippen molar-refractivity contribution in [3.8, 4) is 11.6 Å². The molecule has 1 heterocycles. The van der Waals surface area contributed by atoms with Crippen LogP contribution in [0.15, 0.2) is 36.7 Å². The Bertz CT molecular complexity index is 1150. The van der Waals surface area contributed by atoms with Crippen LogP contribution in [0.4, 0.5) is 30.4 Å². The molecule has 0 atom stereocenters. The van der Waals surface area contributed by atoms with Crippen molar-refractivity contribution < 1.29 is 22.8 Å². The van der Waals surface area contributed by atoms with E-state index in [0.717, 1.165) is 24.5 Å². The molecule has 0 fully saturated rings. The van der Waals surface area contributed by atoms with E-state index in [1.54, 1.807) is 26.0 Å². The Morgan fingerprint density at radius 2 is 1.74 bits per heavy atom. The average Bonchev–Trinajstić information content (AvgIpc) is 2.66. The molecule has 2 aromatic carbocycles. The zero-order valence-corrected chi connectivity index (χ0v) is 17.4. The fourth-order valence-electron chi connectivity index (χ4n) is 2.70. The van der Waals surface area contributed by atoms with Crippen molar-refractivity contribution in [1.29, 1.82) is 0 Å². The highest BCUT2D eigenvalue weighted by Gasteiger charge is 2.32. The van der Waals surface area contributed by atoms with Crippen molar-refractivity contribution in [2.24, 2.45) is 0 Å². The molecule has 7 nitrogen and oxygen atoms in total. The van der Waals surface area contributed by atoms with Crippen molar-refractivity contribution >= 4 is 40.4 Å². The van der Waals surface area contributed by atoms with E-state index in [9.17, 15) is 23.3 Å². The number of hydrogen-bond donors (Lipinski definition) is 1. The van der Waals surface area contributed by atoms with Crippen LogP contribution in [-0.4, -0.2) is 14.9 Å². The first-order valence-corrected chi connectivity index (χ1v) is 9.30. The van der Waals surface area contributed by atoms with E-state index in [-0.39, 0.29) is 16.5 Å². The van der Waals surface area contributed by atoms with Gasteiger partial charge in [0.25, 0.3) is 0 Å². The molecule has 0 aliphatic carbocycles. The third-order valence-electron chi connectivity index (χ3n) is 4.14. The Morgan fingerprint density at radius 3 is 2.32 bits per heavy atom. The molecule has 0 saturated carbocycles. The summed E-state index contributed by atoms with van der Waals surface area (Å²) in [6.45, 7) is 3.47. The topological polar surface area (TPSA) is 90.2 Å². The van der Waals surface area contributed by atoms with Gasteiger partial charge in [-0.3, -0.25) is 10.1 Å². The lowest BCUT2D eigenvalue weighted by molar-refractivity contribution is -0.385. The number of anilines is 2. The summed E-state index contributed by atoms with van der Waals surface area (Å²) in [5.41, 5.74) is -0.520. The van der Waals surface area contributed by atoms with Gasteiger partial charge in [-0.05, 0) is 55.3 Å². The lowest BCUT2D eigenvalue weighted by Crippen LogP contribution is -2.07. The van der Waals surface area contributed by atoms with Crippen molar-refractivity contribution in [2.45, 2.75) is 20.0 Å². The number of aryl methyl sites for hydroxylation is 2. The van der Waals surface area contributed by atoms with E-state index >= 15 is 0 Å². The van der Waals surface area contributed by atoms with E-state index in [2.05, 4.69) is 15.3 Å². The highest BCUT2D eigenvalue weighted by atomic mass is 35.5. The molecule has 0 bridgehead atoms. The number of rotatable bonds is 5. The summed E-state index contributed by atoms with van der Waals surface area (Å²) < 4.78 is 44.6. The van der Waals surface area contributed by atoms with E-state index < -0.39 is 34.0 Å². The van der Waals surface area contributed by atoms with Crippen molar-refractivity contribution in [3.05, 3.63) is 73.5 Å². The Kier molecular flexibility index (Phi) is 6.23. The Morgan fingerprint density at radius 1 is 1.10 bits per heavy atom. The summed E-state index contributed by atoms with van der Waals surface area (Å²) in [5, 5.41) is 14.6. The zero-order chi connectivity index (χ0) is 22.9. The van der Waals surface area contributed by atoms with E-state index in [0.29, 0.717) is 16.1 Å². The summed E-state index contributed by atoms with van der Waals surface area (Å²) in [6, 6.07) is 5.68. The summed E-state index contributed by atoms with van der Waals surface area (Å²) in [4.78, 5) is 18.5. The maximum absolute atomic E-state index is 13.0. The molecule has 0 aliphatic heterocycles. The highest BCUT2D eigenvalue weighted by Crippen LogP contribution is 2.39. The third kappa shape index (κ3) is 4.97. The predicted octanol–water partition coefficient (Wildman–Crippen LogP) is 6.86. The molecule has 0 unspecified atom stereocenters. The molecule has 0 spiro atoms. The SMILES string of the molecule is Cc1cc(Oc2ncnc(Nc3cc(C(F)(F)F)ccc3Cl)c2[N+](=O)[O-])cc(C)c1Cl. The number of nitrogens with zero attached hydrogens (tertiary/aromatic N) is 3. The van der Waals surface area contributed by atoms with Crippen LogP contribution < -0.4 is 10.1 Å². The maximum atomic E-state index is 13.0. The molecule has 0 saturated heterocycles. The van der Waals surface area contributed by atoms with Gasteiger partial charge < -0.3 is 10.1 Å². The van der Waals surface area contributed by atoms with Gasteiger partial charge in [0.05, 0.1) is 21.2 Å². The second-order valence-electron chi connectivity index (χ2n) is 6.42. The van der Waals surface area contributed by atoms with E-state index in [1.807, 2.05) is 0 Å². The largest absolute Gasteiger partial charge is 0.434 e. The third-order valence-corrected chi connectivity index (χ3v) is 5.07. The molecule has 31 heavy (non-hydrogen) atoms. The molecular formula is C19H13Cl2F3N4O3. The lowest BCUT2D eigenvalue weighted by atomic mass is 10.1. The number of nitro groups is 1. The van der Waals surface area contributed by atoms with Crippen LogP contribution in [-0.2, 0) is 6.18 Å². The van der Waals surface area contributed by atoms with Gasteiger partial charge in [-0.1, -0.05) is 23.2 Å². The first-order valence-electron chi connectivity index (χ1n) is 8.55. The summed E-state index contributed by atoms with van der Waals surface area (Å²) >= 11 is 12.1. The predicted molar refractivity (Wildman–Crippen MR) is 109 cm³/mol. The van der Waals surface area contributed by atoms with Crippen molar-refractivity contribution in [2.75, 3.05) is 5.32 Å². The number of benzene rings is 2. The molecule has 3 rings (SSSR count). The molecule has 0 radical (unpaired) electrons. The number of aromatic nitrogens is 2. The first-order chi connectivity index (χ1) is 14.5. The smallest absolute Gasteiger partial charge is 0.416 e. The second-order valence-corrected chi connectivity index (χ2v) is 7.21. The van der Waals surface area contributed by atoms with Crippen LogP contribution in [0.5, 0.6) is 11.6 Å². The minimum absolute atomic E-state index is 0.0904. The standard InChI is InChI=1S/C19H13Cl2F3N4O3/c1-9-5-12(6-10(2)15(9)21)31-18-16(28(29)30)17(25-8-26-18)27-14-7-11(19(22,23)24)3-4-13(14)20/h3-8H,1-2H3,(H,25,26,27). The monoisotopic (exact) mass is 472 g/mol. The molecule has 162 valence electrons. The van der Waals surface area contributed by atoms with Gasteiger partial charge in [0.2, 0.25) is 5.82 Å². The number of halogens is 5. The Balaban J connectivity index is 2.03. The summed E-state index contributed by atoms with van der Waals surface area (Å²) in [5.74, 6) is -0.561. The number of nitrogens with one attached hydrogen (secondary N) is 1. The molecule has 0 amide bonds. The maximum Gasteiger partial charge on any atom is 0.416 e. The van der Waals surface area contributed by atoms with Gasteiger partial charge in [-0.25, -0.2) is 4.98 Å². The number of alkyl halides is 3. The first kappa shape index (κ1) is 22.6. The van der Waals surface area contributed by atoms with E-state index in [1.165, 1.54) is 0 Å². The Hall–Kier alpha value is -3.11. The van der Waals surface area contributed by atoms with Crippen molar-refractivity contribution in [3.63, 3.8) is 0 Å². The molecular weight excluding hydrogens is 460 g/mol. The minimum atomic E-state index is -4.63. The fourth-order valence-corrected chi connectivity index (χ4v) is 2.97. The van der Waals surface area contributed by atoms with Gasteiger partial charge in [-0.15, -0.1) is 0 Å². The van der Waals surface area contributed by atoms with Crippen molar-refractivity contribution in [1.82, 2.24) is 9.97 Å². The van der Waals surface area contributed by atoms with Crippen LogP contribution in [0, 0.1) is 24.0 Å². The Labute approximate surface area is 183 Å². The van der Waals surface area contributed by atoms with Gasteiger partial charge in [0.15, 0.2) is 0 Å². The molecule has 0 aliphatic rings. The lowest BCUT2D eigenvalue weighted by Gasteiger charge is -2.13. The van der Waals surface area contributed by atoms with Gasteiger partial charge in [0, 0.05) is 5.02 Å². The normalized spacial score (nSPS) is 11.3. The minimum Gasteiger partial charge on any atom is -0.434 e. The van der Waals surface area contributed by atoms with Gasteiger partial charge in [-0.2, -0.15) is 18.2 Å². The quantitative estimate of drug-likeness (QED) is 0.322. The van der Waals surface area contributed by atoms with Crippen LogP contribution in [0.25, 0.3) is 0 Å². The second kappa shape index (κ2) is 8.56. The molecule has 1 N–H and O–H groups in total. The molecule has 3 aromatic rings. The highest BCUT2D eigenvalue weighted by molar-refractivity contribution is 6.33. The van der Waals surface area contributed by atoms with Gasteiger partial charge >= 0.3 is 17.7 Å². The number of ether oxygens (including phenoxy) is 1. The zero-order valence-electron chi connectivity index (χ0n) is 15.9. The number of hydrogen-bond acceptors (Lipinski definition) is 6. The van der Waals surface area contributed by atoms with E-state index in [4.69, 9.17) is 27.9 Å². The fraction of sp³-hybridized carbons (Fsp3) is 0.158. The van der Waals surface area contributed by atoms with Crippen LogP contribution in [0.1, 0.15) is 16.7 Å². The van der Waals surface area contributed by atoms with Crippen LogP contribution >= 0.6 is 23.2 Å². The summed E-state index contributed by atoms with van der Waals surface area (Å²) in [6.07, 6.45) is -3.65. The van der Waals surface area contributed by atoms with Gasteiger partial charge in [0.1, 0.15) is 12.1 Å². The summed E-state index contributed by atoms with van der Waals surface area (Å²) in [7, 11) is 0. The van der Waals surface area contributed by atoms with Crippen LogP contribution in [0.3, 0.4) is 0 Å². The average molecular weight is 473 g/mol.